The average molecular weight is 392 g/mol. The number of anilines is 1. The summed E-state index contributed by atoms with van der Waals surface area (Å²) in [7, 11) is 0. The lowest BCUT2D eigenvalue weighted by molar-refractivity contribution is -0.151. The van der Waals surface area contributed by atoms with Gasteiger partial charge in [0.25, 0.3) is 0 Å². The Hall–Kier alpha value is -2.69. The van der Waals surface area contributed by atoms with Crippen molar-refractivity contribution in [2.45, 2.75) is 38.1 Å². The Kier molecular flexibility index (Phi) is 4.41. The summed E-state index contributed by atoms with van der Waals surface area (Å²) < 4.78 is 13.9. The minimum Gasteiger partial charge on any atom is -0.342 e. The highest BCUT2D eigenvalue weighted by molar-refractivity contribution is 6.06. The molecule has 2 saturated heterocycles. The minimum absolute atomic E-state index is 0.0488. The third-order valence-corrected chi connectivity index (χ3v) is 7.05. The number of carbonyl (C=O) groups excluding carboxylic acids is 2. The van der Waals surface area contributed by atoms with Gasteiger partial charge < -0.3 is 9.80 Å². The van der Waals surface area contributed by atoms with Crippen LogP contribution in [0.25, 0.3) is 0 Å². The molecule has 2 heterocycles. The fourth-order valence-electron chi connectivity index (χ4n) is 5.18. The first-order valence-electron chi connectivity index (χ1n) is 10.5. The molecule has 2 amide bonds. The van der Waals surface area contributed by atoms with E-state index in [-0.39, 0.29) is 29.6 Å². The molecule has 0 radical (unpaired) electrons. The van der Waals surface area contributed by atoms with Gasteiger partial charge in [-0.1, -0.05) is 42.8 Å². The number of β-lactam (4-membered cyclic amide) rings is 1. The first-order valence-corrected chi connectivity index (χ1v) is 10.5. The first kappa shape index (κ1) is 18.3. The summed E-state index contributed by atoms with van der Waals surface area (Å²) in [4.78, 5) is 29.7. The van der Waals surface area contributed by atoms with E-state index >= 15 is 0 Å². The lowest BCUT2D eigenvalue weighted by Crippen LogP contribution is -2.67. The van der Waals surface area contributed by atoms with Gasteiger partial charge in [0.05, 0.1) is 11.5 Å². The van der Waals surface area contributed by atoms with Crippen molar-refractivity contribution in [2.24, 2.45) is 11.3 Å². The quantitative estimate of drug-likeness (QED) is 0.730. The van der Waals surface area contributed by atoms with Gasteiger partial charge >= 0.3 is 0 Å². The zero-order chi connectivity index (χ0) is 20.0. The molecule has 4 nitrogen and oxygen atoms in total. The first-order chi connectivity index (χ1) is 14.1. The molecule has 2 aliphatic heterocycles. The number of hydrogen-bond donors (Lipinski definition) is 0. The van der Waals surface area contributed by atoms with E-state index in [9.17, 15) is 14.0 Å². The Morgan fingerprint density at radius 3 is 2.34 bits per heavy atom. The second-order valence-corrected chi connectivity index (χ2v) is 8.58. The summed E-state index contributed by atoms with van der Waals surface area (Å²) in [6.07, 6.45) is 4.47. The Morgan fingerprint density at radius 1 is 1.00 bits per heavy atom. The van der Waals surface area contributed by atoms with Crippen molar-refractivity contribution >= 4 is 17.5 Å². The second kappa shape index (κ2) is 6.97. The van der Waals surface area contributed by atoms with E-state index in [0.717, 1.165) is 24.8 Å². The Labute approximate surface area is 170 Å². The summed E-state index contributed by atoms with van der Waals surface area (Å²) in [6, 6.07) is 16.1. The molecule has 0 bridgehead atoms. The molecular weight excluding hydrogens is 367 g/mol. The molecule has 29 heavy (non-hydrogen) atoms. The van der Waals surface area contributed by atoms with Crippen LogP contribution in [0.1, 0.15) is 43.7 Å². The van der Waals surface area contributed by atoms with E-state index in [1.165, 1.54) is 12.1 Å². The molecule has 5 heteroatoms. The van der Waals surface area contributed by atoms with Crippen molar-refractivity contribution in [1.29, 1.82) is 0 Å². The van der Waals surface area contributed by atoms with Crippen molar-refractivity contribution in [3.05, 3.63) is 66.0 Å². The molecule has 150 valence electrons. The highest BCUT2D eigenvalue weighted by Crippen LogP contribution is 2.57. The minimum atomic E-state index is -0.510. The van der Waals surface area contributed by atoms with Gasteiger partial charge in [-0.25, -0.2) is 4.39 Å². The monoisotopic (exact) mass is 392 g/mol. The van der Waals surface area contributed by atoms with Crippen LogP contribution in [0.4, 0.5) is 10.1 Å². The number of carbonyl (C=O) groups is 2. The maximum absolute atomic E-state index is 13.9. The van der Waals surface area contributed by atoms with Gasteiger partial charge in [-0.05, 0) is 49.4 Å². The summed E-state index contributed by atoms with van der Waals surface area (Å²) >= 11 is 0. The lowest BCUT2D eigenvalue weighted by Gasteiger charge is -2.59. The van der Waals surface area contributed by atoms with E-state index in [4.69, 9.17) is 0 Å². The third-order valence-electron chi connectivity index (χ3n) is 7.05. The van der Waals surface area contributed by atoms with Crippen LogP contribution in [-0.2, 0) is 9.59 Å². The lowest BCUT2D eigenvalue weighted by atomic mass is 9.62. The van der Waals surface area contributed by atoms with Gasteiger partial charge in [-0.2, -0.15) is 0 Å². The van der Waals surface area contributed by atoms with E-state index in [1.54, 1.807) is 17.0 Å². The van der Waals surface area contributed by atoms with Gasteiger partial charge in [-0.3, -0.25) is 9.59 Å². The number of benzene rings is 2. The fraction of sp³-hybridized carbons (Fsp3) is 0.417. The zero-order valence-corrected chi connectivity index (χ0v) is 16.4. The number of hydrogen-bond acceptors (Lipinski definition) is 2. The molecule has 5 rings (SSSR count). The number of piperidine rings is 1. The van der Waals surface area contributed by atoms with E-state index in [2.05, 4.69) is 0 Å². The average Bonchev–Trinajstić information content (AvgIpc) is 2.71. The standard InChI is InChI=1S/C24H25FN2O2/c25-19-10-5-11-20(16-19)27-21(17-6-2-1-3-7-17)24(23(27)29)12-14-26(15-13-24)22(28)18-8-4-9-18/h1-3,5-7,10-11,16,18,21H,4,8-9,12-15H2. The highest BCUT2D eigenvalue weighted by Gasteiger charge is 2.62. The summed E-state index contributed by atoms with van der Waals surface area (Å²) in [6.45, 7) is 1.25. The van der Waals surface area contributed by atoms with Crippen molar-refractivity contribution in [1.82, 2.24) is 4.90 Å². The summed E-state index contributed by atoms with van der Waals surface area (Å²) in [5.41, 5.74) is 1.15. The van der Waals surface area contributed by atoms with Gasteiger partial charge in [0.2, 0.25) is 11.8 Å². The van der Waals surface area contributed by atoms with Crippen molar-refractivity contribution in [3.8, 4) is 0 Å². The zero-order valence-electron chi connectivity index (χ0n) is 16.4. The molecule has 1 aliphatic carbocycles. The molecule has 1 spiro atoms. The number of likely N-dealkylation sites (tertiary alicyclic amines) is 1. The molecule has 1 unspecified atom stereocenters. The molecule has 1 atom stereocenters. The van der Waals surface area contributed by atoms with Crippen LogP contribution < -0.4 is 4.90 Å². The molecule has 0 N–H and O–H groups in total. The molecule has 0 aromatic heterocycles. The van der Waals surface area contributed by atoms with Crippen LogP contribution >= 0.6 is 0 Å². The topological polar surface area (TPSA) is 40.6 Å². The predicted octanol–water partition coefficient (Wildman–Crippen LogP) is 4.32. The molecule has 2 aromatic rings. The summed E-state index contributed by atoms with van der Waals surface area (Å²) in [5.74, 6) is 0.155. The van der Waals surface area contributed by atoms with Crippen LogP contribution in [0, 0.1) is 17.2 Å². The SMILES string of the molecule is O=C(C1CCC1)N1CCC2(CC1)C(=O)N(c1cccc(F)c1)C2c1ccccc1. The number of halogens is 1. The third kappa shape index (κ3) is 2.86. The summed E-state index contributed by atoms with van der Waals surface area (Å²) in [5, 5.41) is 0. The van der Waals surface area contributed by atoms with Crippen LogP contribution in [0.15, 0.2) is 54.6 Å². The highest BCUT2D eigenvalue weighted by atomic mass is 19.1. The van der Waals surface area contributed by atoms with E-state index in [0.29, 0.717) is 31.6 Å². The van der Waals surface area contributed by atoms with Crippen LogP contribution in [0.5, 0.6) is 0 Å². The Morgan fingerprint density at radius 2 is 1.72 bits per heavy atom. The normalized spacial score (nSPS) is 23.6. The van der Waals surface area contributed by atoms with Gasteiger partial charge in [-0.15, -0.1) is 0 Å². The van der Waals surface area contributed by atoms with Gasteiger partial charge in [0, 0.05) is 24.7 Å². The molecular formula is C24H25FN2O2. The Bertz CT molecular complexity index is 933. The van der Waals surface area contributed by atoms with Gasteiger partial charge in [0.15, 0.2) is 0 Å². The largest absolute Gasteiger partial charge is 0.342 e. The molecule has 1 saturated carbocycles. The van der Waals surface area contributed by atoms with Crippen molar-refractivity contribution in [3.63, 3.8) is 0 Å². The van der Waals surface area contributed by atoms with E-state index in [1.807, 2.05) is 35.2 Å². The molecule has 3 aliphatic rings. The van der Waals surface area contributed by atoms with E-state index < -0.39 is 5.41 Å². The van der Waals surface area contributed by atoms with Gasteiger partial charge in [0.1, 0.15) is 5.82 Å². The second-order valence-electron chi connectivity index (χ2n) is 8.58. The van der Waals surface area contributed by atoms with Crippen LogP contribution in [0.2, 0.25) is 0 Å². The smallest absolute Gasteiger partial charge is 0.236 e. The molecule has 3 fully saturated rings. The van der Waals surface area contributed by atoms with Crippen LogP contribution in [0.3, 0.4) is 0 Å². The number of rotatable bonds is 3. The fourth-order valence-corrected chi connectivity index (χ4v) is 5.18. The molecule has 2 aromatic carbocycles. The maximum atomic E-state index is 13.9. The number of nitrogens with zero attached hydrogens (tertiary/aromatic N) is 2. The van der Waals surface area contributed by atoms with Crippen molar-refractivity contribution in [2.75, 3.05) is 18.0 Å². The maximum Gasteiger partial charge on any atom is 0.236 e. The number of amides is 2. The predicted molar refractivity (Wildman–Crippen MR) is 109 cm³/mol. The van der Waals surface area contributed by atoms with Crippen molar-refractivity contribution < 1.29 is 14.0 Å². The van der Waals surface area contributed by atoms with Crippen LogP contribution in [-0.4, -0.2) is 29.8 Å². The Balaban J connectivity index is 1.43.